The molecule has 138 valence electrons. The van der Waals surface area contributed by atoms with Crippen LogP contribution in [0.25, 0.3) is 0 Å². The maximum atomic E-state index is 12.6. The second-order valence-electron chi connectivity index (χ2n) is 8.39. The number of hydrogen-bond donors (Lipinski definition) is 1. The highest BCUT2D eigenvalue weighted by atomic mass is 16.5. The molecule has 0 radical (unpaired) electrons. The normalized spacial score (nSPS) is 23.7. The first-order valence-corrected chi connectivity index (χ1v) is 9.27. The molecule has 1 fully saturated rings. The summed E-state index contributed by atoms with van der Waals surface area (Å²) in [6.45, 7) is 10.4. The van der Waals surface area contributed by atoms with E-state index in [9.17, 15) is 9.59 Å². The molecule has 1 N–H and O–H groups in total. The zero-order valence-corrected chi connectivity index (χ0v) is 15.8. The monoisotopic (exact) mass is 347 g/mol. The van der Waals surface area contributed by atoms with Crippen LogP contribution in [0.15, 0.2) is 4.79 Å². The average Bonchev–Trinajstić information content (AvgIpc) is 2.86. The molecular weight excluding hydrogens is 318 g/mol. The van der Waals surface area contributed by atoms with Crippen LogP contribution in [0.2, 0.25) is 0 Å². The van der Waals surface area contributed by atoms with Gasteiger partial charge < -0.3 is 9.72 Å². The minimum Gasteiger partial charge on any atom is -0.465 e. The van der Waals surface area contributed by atoms with Crippen molar-refractivity contribution in [3.8, 4) is 0 Å². The summed E-state index contributed by atoms with van der Waals surface area (Å²) in [7, 11) is 0. The molecule has 1 aliphatic carbocycles. The van der Waals surface area contributed by atoms with Gasteiger partial charge in [-0.25, -0.2) is 4.98 Å². The first kappa shape index (κ1) is 18.1. The van der Waals surface area contributed by atoms with Gasteiger partial charge in [0.15, 0.2) is 0 Å². The number of hydrogen-bond acceptors (Lipinski definition) is 5. The highest BCUT2D eigenvalue weighted by Crippen LogP contribution is 2.43. The van der Waals surface area contributed by atoms with Crippen molar-refractivity contribution in [1.82, 2.24) is 14.9 Å². The fourth-order valence-corrected chi connectivity index (χ4v) is 4.15. The van der Waals surface area contributed by atoms with E-state index in [0.29, 0.717) is 13.2 Å². The maximum absolute atomic E-state index is 12.6. The quantitative estimate of drug-likeness (QED) is 0.846. The summed E-state index contributed by atoms with van der Waals surface area (Å²) >= 11 is 0. The lowest BCUT2D eigenvalue weighted by molar-refractivity contribution is -0.145. The lowest BCUT2D eigenvalue weighted by atomic mass is 9.77. The summed E-state index contributed by atoms with van der Waals surface area (Å²) in [6, 6.07) is 0. The molecule has 1 aliphatic heterocycles. The molecule has 1 unspecified atom stereocenters. The summed E-state index contributed by atoms with van der Waals surface area (Å²) in [4.78, 5) is 34.5. The topological polar surface area (TPSA) is 75.3 Å². The number of aromatic amines is 1. The molecule has 2 aliphatic rings. The summed E-state index contributed by atoms with van der Waals surface area (Å²) in [5.41, 5.74) is 1.51. The fourth-order valence-electron chi connectivity index (χ4n) is 4.15. The van der Waals surface area contributed by atoms with Gasteiger partial charge >= 0.3 is 5.97 Å². The number of carbonyl (C=O) groups is 1. The van der Waals surface area contributed by atoms with E-state index in [0.717, 1.165) is 55.9 Å². The van der Waals surface area contributed by atoms with Crippen LogP contribution in [0.3, 0.4) is 0 Å². The Morgan fingerprint density at radius 1 is 1.36 bits per heavy atom. The third-order valence-corrected chi connectivity index (χ3v) is 5.40. The molecule has 1 atom stereocenters. The van der Waals surface area contributed by atoms with Crippen LogP contribution in [-0.2, 0) is 26.8 Å². The number of aromatic nitrogens is 2. The Bertz CT molecular complexity index is 720. The molecule has 1 aromatic rings. The van der Waals surface area contributed by atoms with Gasteiger partial charge in [-0.15, -0.1) is 0 Å². The molecule has 0 saturated carbocycles. The van der Waals surface area contributed by atoms with Crippen LogP contribution in [-0.4, -0.2) is 47.1 Å². The molecule has 1 spiro atoms. The van der Waals surface area contributed by atoms with Crippen molar-refractivity contribution in [1.29, 1.82) is 0 Å². The Hall–Kier alpha value is -1.69. The van der Waals surface area contributed by atoms with Gasteiger partial charge in [-0.2, -0.15) is 0 Å². The largest absolute Gasteiger partial charge is 0.465 e. The lowest BCUT2D eigenvalue weighted by Gasteiger charge is -2.40. The third-order valence-electron chi connectivity index (χ3n) is 5.40. The summed E-state index contributed by atoms with van der Waals surface area (Å²) in [5, 5.41) is 0. The third kappa shape index (κ3) is 3.50. The fraction of sp³-hybridized carbons (Fsp3) is 0.737. The van der Waals surface area contributed by atoms with Crippen LogP contribution in [0.5, 0.6) is 0 Å². The second-order valence-corrected chi connectivity index (χ2v) is 8.39. The van der Waals surface area contributed by atoms with Crippen molar-refractivity contribution in [2.75, 3.05) is 26.2 Å². The standard InChI is InChI=1S/C19H29N3O3/c1-5-25-14(23)11-22-10-6-8-19(12-22)9-7-13-15(19)20-17(18(2,3)4)21-16(13)24/h5-12H2,1-4H3,(H,20,21,24). The van der Waals surface area contributed by atoms with Crippen molar-refractivity contribution in [3.05, 3.63) is 27.4 Å². The number of carbonyl (C=O) groups excluding carboxylic acids is 1. The number of likely N-dealkylation sites (tertiary alicyclic amines) is 1. The Kier molecular flexibility index (Phi) is 4.75. The Balaban J connectivity index is 1.91. The summed E-state index contributed by atoms with van der Waals surface area (Å²) in [6.07, 6.45) is 3.75. The van der Waals surface area contributed by atoms with Crippen molar-refractivity contribution < 1.29 is 9.53 Å². The number of ether oxygens (including phenoxy) is 1. The van der Waals surface area contributed by atoms with Gasteiger partial charge in [0.2, 0.25) is 0 Å². The smallest absolute Gasteiger partial charge is 0.320 e. The van der Waals surface area contributed by atoms with Crippen molar-refractivity contribution >= 4 is 5.97 Å². The number of nitrogens with one attached hydrogen (secondary N) is 1. The van der Waals surface area contributed by atoms with Gasteiger partial charge in [0.1, 0.15) is 5.82 Å². The molecule has 1 aromatic heterocycles. The zero-order valence-electron chi connectivity index (χ0n) is 15.8. The van der Waals surface area contributed by atoms with Crippen LogP contribution in [0.1, 0.15) is 64.0 Å². The molecule has 0 amide bonds. The van der Waals surface area contributed by atoms with E-state index in [2.05, 4.69) is 30.7 Å². The van der Waals surface area contributed by atoms with Crippen LogP contribution < -0.4 is 5.56 Å². The Morgan fingerprint density at radius 3 is 2.80 bits per heavy atom. The number of esters is 1. The summed E-state index contributed by atoms with van der Waals surface area (Å²) < 4.78 is 5.10. The van der Waals surface area contributed by atoms with Gasteiger partial charge in [-0.1, -0.05) is 20.8 Å². The van der Waals surface area contributed by atoms with Gasteiger partial charge in [0.25, 0.3) is 5.56 Å². The van der Waals surface area contributed by atoms with Gasteiger partial charge in [0, 0.05) is 22.9 Å². The van der Waals surface area contributed by atoms with E-state index in [1.807, 2.05) is 6.92 Å². The van der Waals surface area contributed by atoms with Crippen LogP contribution >= 0.6 is 0 Å². The van der Waals surface area contributed by atoms with E-state index >= 15 is 0 Å². The molecule has 2 heterocycles. The molecular formula is C19H29N3O3. The highest BCUT2D eigenvalue weighted by molar-refractivity contribution is 5.71. The number of fused-ring (bicyclic) bond motifs is 2. The van der Waals surface area contributed by atoms with Crippen LogP contribution in [0.4, 0.5) is 0 Å². The number of piperidine rings is 1. The van der Waals surface area contributed by atoms with E-state index in [1.165, 1.54) is 0 Å². The number of H-pyrrole nitrogens is 1. The van der Waals surface area contributed by atoms with Gasteiger partial charge in [-0.3, -0.25) is 14.5 Å². The van der Waals surface area contributed by atoms with Gasteiger partial charge in [0.05, 0.1) is 18.8 Å². The molecule has 25 heavy (non-hydrogen) atoms. The zero-order chi connectivity index (χ0) is 18.2. The number of rotatable bonds is 3. The lowest BCUT2D eigenvalue weighted by Crippen LogP contribution is -2.47. The predicted octanol–water partition coefficient (Wildman–Crippen LogP) is 1.91. The maximum Gasteiger partial charge on any atom is 0.320 e. The highest BCUT2D eigenvalue weighted by Gasteiger charge is 2.45. The van der Waals surface area contributed by atoms with E-state index in [-0.39, 0.29) is 22.4 Å². The number of nitrogens with zero attached hydrogens (tertiary/aromatic N) is 2. The molecule has 0 aromatic carbocycles. The van der Waals surface area contributed by atoms with Crippen LogP contribution in [0, 0.1) is 0 Å². The second kappa shape index (κ2) is 6.56. The summed E-state index contributed by atoms with van der Waals surface area (Å²) in [5.74, 6) is 0.576. The average molecular weight is 347 g/mol. The first-order valence-electron chi connectivity index (χ1n) is 9.27. The minimum atomic E-state index is -0.197. The van der Waals surface area contributed by atoms with Gasteiger partial charge in [-0.05, 0) is 39.2 Å². The molecule has 6 nitrogen and oxygen atoms in total. The minimum absolute atomic E-state index is 0.00863. The predicted molar refractivity (Wildman–Crippen MR) is 95.9 cm³/mol. The molecule has 3 rings (SSSR count). The molecule has 6 heteroatoms. The van der Waals surface area contributed by atoms with E-state index < -0.39 is 0 Å². The van der Waals surface area contributed by atoms with E-state index in [4.69, 9.17) is 9.72 Å². The van der Waals surface area contributed by atoms with Crippen molar-refractivity contribution in [3.63, 3.8) is 0 Å². The molecule has 1 saturated heterocycles. The molecule has 0 bridgehead atoms. The van der Waals surface area contributed by atoms with Crippen molar-refractivity contribution in [2.24, 2.45) is 0 Å². The van der Waals surface area contributed by atoms with Crippen molar-refractivity contribution in [2.45, 2.75) is 64.2 Å². The Labute approximate surface area is 149 Å². The first-order chi connectivity index (χ1) is 11.7. The van der Waals surface area contributed by atoms with E-state index in [1.54, 1.807) is 0 Å². The Morgan fingerprint density at radius 2 is 2.12 bits per heavy atom. The SMILES string of the molecule is CCOC(=O)CN1CCCC2(CCc3c2nc(C(C)(C)C)[nH]c3=O)C1.